The average Bonchev–Trinajstić information content (AvgIpc) is 2.98. The maximum atomic E-state index is 12.3. The molecule has 1 atom stereocenters. The van der Waals surface area contributed by atoms with Gasteiger partial charge >= 0.3 is 5.97 Å². The Morgan fingerprint density at radius 3 is 2.76 bits per heavy atom. The number of carbonyl (C=O) groups is 2. The molecule has 3 rings (SSSR count). The summed E-state index contributed by atoms with van der Waals surface area (Å²) in [5.41, 5.74) is 0.0987. The lowest BCUT2D eigenvalue weighted by Crippen LogP contribution is -2.50. The van der Waals surface area contributed by atoms with E-state index in [1.807, 2.05) is 18.2 Å². The number of carbonyl (C=O) groups excluding carboxylic acids is 1. The van der Waals surface area contributed by atoms with Gasteiger partial charge in [0.1, 0.15) is 0 Å². The lowest BCUT2D eigenvalue weighted by Gasteiger charge is -2.42. The summed E-state index contributed by atoms with van der Waals surface area (Å²) in [4.78, 5) is 25.4. The predicted molar refractivity (Wildman–Crippen MR) is 91.6 cm³/mol. The van der Waals surface area contributed by atoms with Gasteiger partial charge in [0.15, 0.2) is 11.5 Å². The lowest BCUT2D eigenvalue weighted by atomic mass is 9.76. The molecule has 25 heavy (non-hydrogen) atoms. The number of carboxylic acids is 1. The first-order valence-corrected chi connectivity index (χ1v) is 8.58. The Labute approximate surface area is 147 Å². The van der Waals surface area contributed by atoms with Crippen LogP contribution >= 0.6 is 0 Å². The van der Waals surface area contributed by atoms with Crippen LogP contribution in [0, 0.1) is 10.8 Å². The minimum Gasteiger partial charge on any atom is -0.481 e. The Kier molecular flexibility index (Phi) is 4.39. The molecule has 136 valence electrons. The van der Waals surface area contributed by atoms with Crippen molar-refractivity contribution in [3.63, 3.8) is 0 Å². The van der Waals surface area contributed by atoms with Gasteiger partial charge in [-0.2, -0.15) is 0 Å². The summed E-state index contributed by atoms with van der Waals surface area (Å²) in [5, 5.41) is 9.35. The number of hydrogen-bond donors (Lipinski definition) is 1. The fraction of sp³-hybridized carbons (Fsp3) is 0.579. The largest absolute Gasteiger partial charge is 0.481 e. The van der Waals surface area contributed by atoms with Crippen molar-refractivity contribution in [3.8, 4) is 11.5 Å². The second-order valence-electron chi connectivity index (χ2n) is 8.11. The zero-order valence-corrected chi connectivity index (χ0v) is 15.0. The van der Waals surface area contributed by atoms with E-state index in [1.54, 1.807) is 18.7 Å². The summed E-state index contributed by atoms with van der Waals surface area (Å²) in [7, 11) is 0. The number of likely N-dealkylation sites (tertiary alicyclic amines) is 1. The van der Waals surface area contributed by atoms with Gasteiger partial charge in [-0.15, -0.1) is 0 Å². The fourth-order valence-electron chi connectivity index (χ4n) is 3.57. The molecule has 0 bridgehead atoms. The molecule has 1 fully saturated rings. The third kappa shape index (κ3) is 3.72. The standard InChI is InChI=1S/C19H25NO5/c1-18(2,17(22)23)10-20-11-19(3,7-6-16(20)21)9-13-4-5-14-15(8-13)25-12-24-14/h4-5,8H,6-7,9-12H2,1-3H3,(H,22,23)/t19-/m0/s1. The van der Waals surface area contributed by atoms with Crippen molar-refractivity contribution >= 4 is 11.9 Å². The number of piperidine rings is 1. The minimum absolute atomic E-state index is 0.0393. The van der Waals surface area contributed by atoms with Crippen LogP contribution in [0.15, 0.2) is 18.2 Å². The quantitative estimate of drug-likeness (QED) is 0.886. The Morgan fingerprint density at radius 2 is 2.04 bits per heavy atom. The Bertz CT molecular complexity index is 699. The van der Waals surface area contributed by atoms with Crippen molar-refractivity contribution in [2.75, 3.05) is 19.9 Å². The van der Waals surface area contributed by atoms with Crippen LogP contribution in [0.3, 0.4) is 0 Å². The summed E-state index contributed by atoms with van der Waals surface area (Å²) >= 11 is 0. The molecule has 0 aliphatic carbocycles. The topological polar surface area (TPSA) is 76.1 Å². The summed E-state index contributed by atoms with van der Waals surface area (Å²) in [6.45, 7) is 6.53. The van der Waals surface area contributed by atoms with Gasteiger partial charge < -0.3 is 19.5 Å². The number of benzene rings is 1. The van der Waals surface area contributed by atoms with Crippen LogP contribution in [0.2, 0.25) is 0 Å². The highest BCUT2D eigenvalue weighted by Gasteiger charge is 2.39. The highest BCUT2D eigenvalue weighted by Crippen LogP contribution is 2.38. The van der Waals surface area contributed by atoms with Crippen LogP contribution in [0.4, 0.5) is 0 Å². The molecule has 6 heteroatoms. The molecule has 6 nitrogen and oxygen atoms in total. The van der Waals surface area contributed by atoms with E-state index < -0.39 is 11.4 Å². The minimum atomic E-state index is -0.952. The first-order chi connectivity index (χ1) is 11.7. The van der Waals surface area contributed by atoms with Gasteiger partial charge in [-0.05, 0) is 49.8 Å². The summed E-state index contributed by atoms with van der Waals surface area (Å²) in [6.07, 6.45) is 2.06. The van der Waals surface area contributed by atoms with E-state index in [0.29, 0.717) is 13.0 Å². The van der Waals surface area contributed by atoms with Gasteiger partial charge in [-0.25, -0.2) is 0 Å². The number of ether oxygens (including phenoxy) is 2. The van der Waals surface area contributed by atoms with E-state index in [0.717, 1.165) is 29.9 Å². The van der Waals surface area contributed by atoms with Crippen molar-refractivity contribution in [2.24, 2.45) is 10.8 Å². The van der Waals surface area contributed by atoms with Crippen LogP contribution < -0.4 is 9.47 Å². The molecule has 0 spiro atoms. The van der Waals surface area contributed by atoms with E-state index in [1.165, 1.54) is 0 Å². The van der Waals surface area contributed by atoms with Crippen molar-refractivity contribution < 1.29 is 24.2 Å². The van der Waals surface area contributed by atoms with Gasteiger partial charge in [-0.3, -0.25) is 9.59 Å². The van der Waals surface area contributed by atoms with Crippen LogP contribution in [0.1, 0.15) is 39.2 Å². The predicted octanol–water partition coefficient (Wildman–Crippen LogP) is 2.70. The molecule has 1 saturated heterocycles. The molecule has 1 aromatic carbocycles. The number of fused-ring (bicyclic) bond motifs is 1. The highest BCUT2D eigenvalue weighted by molar-refractivity contribution is 5.79. The molecule has 1 N–H and O–H groups in total. The van der Waals surface area contributed by atoms with Gasteiger partial charge in [0, 0.05) is 19.5 Å². The lowest BCUT2D eigenvalue weighted by molar-refractivity contribution is -0.151. The van der Waals surface area contributed by atoms with E-state index in [9.17, 15) is 14.7 Å². The molecule has 0 aromatic heterocycles. The molecular weight excluding hydrogens is 322 g/mol. The third-order valence-electron chi connectivity index (χ3n) is 5.10. The van der Waals surface area contributed by atoms with Gasteiger partial charge in [0.05, 0.1) is 5.41 Å². The summed E-state index contributed by atoms with van der Waals surface area (Å²) in [5.74, 6) is 0.676. The molecule has 1 aromatic rings. The van der Waals surface area contributed by atoms with E-state index in [4.69, 9.17) is 9.47 Å². The normalized spacial score (nSPS) is 23.0. The molecule has 1 amide bonds. The molecule has 2 aliphatic heterocycles. The van der Waals surface area contributed by atoms with Crippen LogP contribution in [-0.4, -0.2) is 41.8 Å². The zero-order valence-electron chi connectivity index (χ0n) is 15.0. The van der Waals surface area contributed by atoms with E-state index in [-0.39, 0.29) is 24.7 Å². The molecular formula is C19H25NO5. The SMILES string of the molecule is CC(C)(CN1C[C@](C)(Cc2ccc3c(c2)OCO3)CCC1=O)C(=O)O. The number of nitrogens with zero attached hydrogens (tertiary/aromatic N) is 1. The Morgan fingerprint density at radius 1 is 1.32 bits per heavy atom. The maximum Gasteiger partial charge on any atom is 0.310 e. The van der Waals surface area contributed by atoms with Gasteiger partial charge in [0.2, 0.25) is 12.7 Å². The van der Waals surface area contributed by atoms with Gasteiger partial charge in [-0.1, -0.05) is 13.0 Å². The van der Waals surface area contributed by atoms with Crippen molar-refractivity contribution in [1.82, 2.24) is 4.90 Å². The number of carboxylic acid groups (broad SMARTS) is 1. The third-order valence-corrected chi connectivity index (χ3v) is 5.10. The zero-order chi connectivity index (χ0) is 18.2. The second-order valence-corrected chi connectivity index (χ2v) is 8.11. The molecule has 2 aliphatic rings. The Balaban J connectivity index is 1.72. The average molecular weight is 347 g/mol. The summed E-state index contributed by atoms with van der Waals surface area (Å²) in [6, 6.07) is 5.94. The first-order valence-electron chi connectivity index (χ1n) is 8.58. The number of hydrogen-bond acceptors (Lipinski definition) is 4. The summed E-state index contributed by atoms with van der Waals surface area (Å²) < 4.78 is 10.8. The monoisotopic (exact) mass is 347 g/mol. The maximum absolute atomic E-state index is 12.3. The van der Waals surface area contributed by atoms with Crippen molar-refractivity contribution in [1.29, 1.82) is 0 Å². The van der Waals surface area contributed by atoms with E-state index >= 15 is 0 Å². The van der Waals surface area contributed by atoms with Crippen LogP contribution in [0.25, 0.3) is 0 Å². The highest BCUT2D eigenvalue weighted by atomic mass is 16.7. The number of amides is 1. The number of aliphatic carboxylic acids is 1. The van der Waals surface area contributed by atoms with Crippen LogP contribution in [-0.2, 0) is 16.0 Å². The molecule has 0 radical (unpaired) electrons. The second kappa shape index (κ2) is 6.24. The molecule has 0 saturated carbocycles. The Hall–Kier alpha value is -2.24. The van der Waals surface area contributed by atoms with Crippen molar-refractivity contribution in [3.05, 3.63) is 23.8 Å². The van der Waals surface area contributed by atoms with Crippen molar-refractivity contribution in [2.45, 2.75) is 40.0 Å². The smallest absolute Gasteiger partial charge is 0.310 e. The van der Waals surface area contributed by atoms with Crippen LogP contribution in [0.5, 0.6) is 11.5 Å². The molecule has 0 unspecified atom stereocenters. The van der Waals surface area contributed by atoms with E-state index in [2.05, 4.69) is 6.92 Å². The fourth-order valence-corrected chi connectivity index (χ4v) is 3.57. The number of rotatable bonds is 5. The molecule has 2 heterocycles. The first kappa shape index (κ1) is 17.6. The van der Waals surface area contributed by atoms with Gasteiger partial charge in [0.25, 0.3) is 0 Å².